The van der Waals surface area contributed by atoms with Gasteiger partial charge in [-0.05, 0) is 48.2 Å². The first-order valence-electron chi connectivity index (χ1n) is 6.86. The first kappa shape index (κ1) is 14.4. The zero-order valence-electron chi connectivity index (χ0n) is 11.7. The highest BCUT2D eigenvalue weighted by Gasteiger charge is 2.38. The standard InChI is InChI=1S/C17H16ClFO2/c1-21-12-6-5-11-7-8-17(20,14(11)9-12)10-13-15(18)3-2-4-16(13)19/h2-6,9,20H,7-8,10H2,1H3. The molecule has 1 aliphatic rings. The van der Waals surface area contributed by atoms with Crippen molar-refractivity contribution in [3.63, 3.8) is 0 Å². The number of hydrogen-bond acceptors (Lipinski definition) is 2. The number of aliphatic hydroxyl groups is 1. The van der Waals surface area contributed by atoms with E-state index in [1.54, 1.807) is 19.2 Å². The molecule has 0 spiro atoms. The Morgan fingerprint density at radius 2 is 2.14 bits per heavy atom. The Kier molecular flexibility index (Phi) is 3.64. The lowest BCUT2D eigenvalue weighted by Gasteiger charge is -2.25. The van der Waals surface area contributed by atoms with Crippen molar-refractivity contribution in [2.24, 2.45) is 0 Å². The number of hydrogen-bond donors (Lipinski definition) is 1. The number of benzene rings is 2. The Bertz CT molecular complexity index is 666. The molecule has 0 radical (unpaired) electrons. The number of methoxy groups -OCH3 is 1. The number of halogens is 2. The van der Waals surface area contributed by atoms with Crippen LogP contribution in [0.5, 0.6) is 5.75 Å². The summed E-state index contributed by atoms with van der Waals surface area (Å²) in [5, 5.41) is 11.3. The third-order valence-electron chi connectivity index (χ3n) is 4.16. The summed E-state index contributed by atoms with van der Waals surface area (Å²) in [5.74, 6) is 0.306. The van der Waals surface area contributed by atoms with Crippen LogP contribution < -0.4 is 4.74 Å². The van der Waals surface area contributed by atoms with Crippen LogP contribution in [0.3, 0.4) is 0 Å². The number of fused-ring (bicyclic) bond motifs is 1. The molecule has 4 heteroatoms. The lowest BCUT2D eigenvalue weighted by Crippen LogP contribution is -2.26. The Morgan fingerprint density at radius 1 is 1.33 bits per heavy atom. The summed E-state index contributed by atoms with van der Waals surface area (Å²) >= 11 is 6.08. The van der Waals surface area contributed by atoms with E-state index in [4.69, 9.17) is 16.3 Å². The second-order valence-corrected chi connectivity index (χ2v) is 5.84. The Labute approximate surface area is 128 Å². The van der Waals surface area contributed by atoms with Crippen LogP contribution in [0, 0.1) is 5.82 Å². The minimum Gasteiger partial charge on any atom is -0.497 e. The average Bonchev–Trinajstić information content (AvgIpc) is 2.80. The van der Waals surface area contributed by atoms with Crippen LogP contribution in [0.2, 0.25) is 5.02 Å². The topological polar surface area (TPSA) is 29.5 Å². The summed E-state index contributed by atoms with van der Waals surface area (Å²) in [6.45, 7) is 0. The molecule has 0 saturated heterocycles. The molecule has 1 unspecified atom stereocenters. The minimum absolute atomic E-state index is 0.165. The SMILES string of the molecule is COc1ccc2c(c1)C(O)(Cc1c(F)cccc1Cl)CC2. The van der Waals surface area contributed by atoms with Crippen molar-refractivity contribution in [3.05, 3.63) is 63.9 Å². The van der Waals surface area contributed by atoms with Crippen LogP contribution in [-0.4, -0.2) is 12.2 Å². The van der Waals surface area contributed by atoms with Gasteiger partial charge in [0.15, 0.2) is 0 Å². The highest BCUT2D eigenvalue weighted by molar-refractivity contribution is 6.31. The average molecular weight is 307 g/mol. The molecule has 110 valence electrons. The van der Waals surface area contributed by atoms with Crippen molar-refractivity contribution in [1.82, 2.24) is 0 Å². The monoisotopic (exact) mass is 306 g/mol. The van der Waals surface area contributed by atoms with Crippen LogP contribution >= 0.6 is 11.6 Å². The molecular weight excluding hydrogens is 291 g/mol. The van der Waals surface area contributed by atoms with E-state index in [2.05, 4.69) is 0 Å². The summed E-state index contributed by atoms with van der Waals surface area (Å²) < 4.78 is 19.2. The zero-order chi connectivity index (χ0) is 15.0. The molecule has 2 nitrogen and oxygen atoms in total. The molecule has 1 atom stereocenters. The normalized spacial score (nSPS) is 20.4. The van der Waals surface area contributed by atoms with Crippen molar-refractivity contribution >= 4 is 11.6 Å². The molecule has 0 amide bonds. The third kappa shape index (κ3) is 2.52. The summed E-state index contributed by atoms with van der Waals surface area (Å²) in [5.41, 5.74) is 1.14. The van der Waals surface area contributed by atoms with E-state index in [0.29, 0.717) is 22.8 Å². The quantitative estimate of drug-likeness (QED) is 0.933. The summed E-state index contributed by atoms with van der Waals surface area (Å²) in [6.07, 6.45) is 1.49. The molecule has 0 saturated carbocycles. The lowest BCUT2D eigenvalue weighted by atomic mass is 9.88. The van der Waals surface area contributed by atoms with E-state index in [1.165, 1.54) is 6.07 Å². The van der Waals surface area contributed by atoms with Gasteiger partial charge in [-0.25, -0.2) is 4.39 Å². The van der Waals surface area contributed by atoms with E-state index in [0.717, 1.165) is 17.5 Å². The summed E-state index contributed by atoms with van der Waals surface area (Å²) in [6, 6.07) is 10.2. The molecule has 2 aromatic carbocycles. The molecule has 2 aromatic rings. The van der Waals surface area contributed by atoms with Crippen LogP contribution in [-0.2, 0) is 18.4 Å². The summed E-state index contributed by atoms with van der Waals surface area (Å²) in [7, 11) is 1.59. The van der Waals surface area contributed by atoms with Gasteiger partial charge >= 0.3 is 0 Å². The van der Waals surface area contributed by atoms with Crippen LogP contribution in [0.4, 0.5) is 4.39 Å². The number of ether oxygens (including phenoxy) is 1. The molecule has 21 heavy (non-hydrogen) atoms. The van der Waals surface area contributed by atoms with Crippen molar-refractivity contribution in [3.8, 4) is 5.75 Å². The predicted molar refractivity (Wildman–Crippen MR) is 80.3 cm³/mol. The van der Waals surface area contributed by atoms with Gasteiger partial charge in [0.05, 0.1) is 12.7 Å². The Balaban J connectivity index is 2.01. The fourth-order valence-corrected chi connectivity index (χ4v) is 3.22. The number of rotatable bonds is 3. The molecule has 3 rings (SSSR count). The summed E-state index contributed by atoms with van der Waals surface area (Å²) in [4.78, 5) is 0. The highest BCUT2D eigenvalue weighted by Crippen LogP contribution is 2.42. The second-order valence-electron chi connectivity index (χ2n) is 5.43. The van der Waals surface area contributed by atoms with Crippen LogP contribution in [0.1, 0.15) is 23.1 Å². The lowest BCUT2D eigenvalue weighted by molar-refractivity contribution is 0.0379. The van der Waals surface area contributed by atoms with E-state index in [9.17, 15) is 9.50 Å². The second kappa shape index (κ2) is 5.32. The van der Waals surface area contributed by atoms with Crippen molar-refractivity contribution in [2.45, 2.75) is 24.9 Å². The molecule has 0 fully saturated rings. The van der Waals surface area contributed by atoms with Gasteiger partial charge in [0, 0.05) is 17.0 Å². The van der Waals surface area contributed by atoms with Crippen molar-refractivity contribution in [1.29, 1.82) is 0 Å². The van der Waals surface area contributed by atoms with Crippen LogP contribution in [0.25, 0.3) is 0 Å². The maximum absolute atomic E-state index is 14.0. The third-order valence-corrected chi connectivity index (χ3v) is 4.51. The molecule has 0 heterocycles. The van der Waals surface area contributed by atoms with Gasteiger partial charge in [-0.1, -0.05) is 23.7 Å². The maximum atomic E-state index is 14.0. The smallest absolute Gasteiger partial charge is 0.128 e. The molecule has 1 aliphatic carbocycles. The van der Waals surface area contributed by atoms with Gasteiger partial charge in [-0.3, -0.25) is 0 Å². The molecule has 0 aliphatic heterocycles. The van der Waals surface area contributed by atoms with Gasteiger partial charge in [0.2, 0.25) is 0 Å². The van der Waals surface area contributed by atoms with Gasteiger partial charge < -0.3 is 9.84 Å². The largest absolute Gasteiger partial charge is 0.497 e. The van der Waals surface area contributed by atoms with Crippen molar-refractivity contribution in [2.75, 3.05) is 7.11 Å². The maximum Gasteiger partial charge on any atom is 0.128 e. The van der Waals surface area contributed by atoms with E-state index in [1.807, 2.05) is 18.2 Å². The fraction of sp³-hybridized carbons (Fsp3) is 0.294. The fourth-order valence-electron chi connectivity index (χ4n) is 2.99. The van der Waals surface area contributed by atoms with Crippen LogP contribution in [0.15, 0.2) is 36.4 Å². The first-order valence-corrected chi connectivity index (χ1v) is 7.24. The zero-order valence-corrected chi connectivity index (χ0v) is 12.5. The number of aryl methyl sites for hydroxylation is 1. The van der Waals surface area contributed by atoms with E-state index in [-0.39, 0.29) is 12.2 Å². The van der Waals surface area contributed by atoms with E-state index >= 15 is 0 Å². The van der Waals surface area contributed by atoms with Crippen molar-refractivity contribution < 1.29 is 14.2 Å². The molecular formula is C17H16ClFO2. The molecule has 0 aromatic heterocycles. The van der Waals surface area contributed by atoms with Gasteiger partial charge in [-0.2, -0.15) is 0 Å². The Hall–Kier alpha value is -1.58. The first-order chi connectivity index (χ1) is 10.0. The highest BCUT2D eigenvalue weighted by atomic mass is 35.5. The predicted octanol–water partition coefficient (Wildman–Crippen LogP) is 3.86. The van der Waals surface area contributed by atoms with Gasteiger partial charge in [0.25, 0.3) is 0 Å². The minimum atomic E-state index is -1.10. The Morgan fingerprint density at radius 3 is 2.86 bits per heavy atom. The van der Waals surface area contributed by atoms with E-state index < -0.39 is 5.60 Å². The van der Waals surface area contributed by atoms with Gasteiger partial charge in [0.1, 0.15) is 11.6 Å². The van der Waals surface area contributed by atoms with Gasteiger partial charge in [-0.15, -0.1) is 0 Å². The molecule has 0 bridgehead atoms. The molecule has 1 N–H and O–H groups in total.